The molecule has 0 saturated carbocycles. The summed E-state index contributed by atoms with van der Waals surface area (Å²) >= 11 is 0. The predicted octanol–water partition coefficient (Wildman–Crippen LogP) is 1.67. The maximum Gasteiger partial charge on any atom is 0.243 e. The van der Waals surface area contributed by atoms with E-state index in [0.29, 0.717) is 43.8 Å². The van der Waals surface area contributed by atoms with E-state index < -0.39 is 20.0 Å². The van der Waals surface area contributed by atoms with Gasteiger partial charge in [0.15, 0.2) is 0 Å². The van der Waals surface area contributed by atoms with Crippen molar-refractivity contribution < 1.29 is 21.6 Å². The second-order valence-electron chi connectivity index (χ2n) is 7.71. The van der Waals surface area contributed by atoms with Gasteiger partial charge in [-0.25, -0.2) is 21.6 Å². The SMILES string of the molecule is CNS(=O)(=O)c1ccc(CCC(=O)NCCc2ccc(S(=O)(=O)N3CCCC3)cc2)cc1. The van der Waals surface area contributed by atoms with Gasteiger partial charge >= 0.3 is 0 Å². The van der Waals surface area contributed by atoms with Gasteiger partial charge in [-0.1, -0.05) is 24.3 Å². The molecule has 0 bridgehead atoms. The number of sulfonamides is 2. The predicted molar refractivity (Wildman–Crippen MR) is 122 cm³/mol. The minimum absolute atomic E-state index is 0.0924. The molecule has 8 nitrogen and oxygen atoms in total. The van der Waals surface area contributed by atoms with Crippen LogP contribution in [0.2, 0.25) is 0 Å². The van der Waals surface area contributed by atoms with Gasteiger partial charge in [0.25, 0.3) is 0 Å². The number of hydrogen-bond acceptors (Lipinski definition) is 5. The van der Waals surface area contributed by atoms with Gasteiger partial charge in [-0.15, -0.1) is 0 Å². The van der Waals surface area contributed by atoms with Crippen LogP contribution in [0.4, 0.5) is 0 Å². The van der Waals surface area contributed by atoms with Crippen molar-refractivity contribution in [2.24, 2.45) is 0 Å². The maximum atomic E-state index is 12.6. The summed E-state index contributed by atoms with van der Waals surface area (Å²) < 4.78 is 52.4. The molecule has 0 radical (unpaired) electrons. The van der Waals surface area contributed by atoms with E-state index in [1.54, 1.807) is 36.4 Å². The number of benzene rings is 2. The van der Waals surface area contributed by atoms with Crippen LogP contribution in [0.1, 0.15) is 30.4 Å². The lowest BCUT2D eigenvalue weighted by Crippen LogP contribution is -2.28. The number of carbonyl (C=O) groups excluding carboxylic acids is 1. The Balaban J connectivity index is 1.43. The maximum absolute atomic E-state index is 12.6. The summed E-state index contributed by atoms with van der Waals surface area (Å²) in [6.07, 6.45) is 3.22. The minimum Gasteiger partial charge on any atom is -0.356 e. The first kappa shape index (κ1) is 24.4. The Bertz CT molecular complexity index is 1120. The smallest absolute Gasteiger partial charge is 0.243 e. The summed E-state index contributed by atoms with van der Waals surface area (Å²) in [6, 6.07) is 13.3. The number of nitrogens with one attached hydrogen (secondary N) is 2. The van der Waals surface area contributed by atoms with Crippen LogP contribution in [0, 0.1) is 0 Å². The van der Waals surface area contributed by atoms with Gasteiger partial charge in [0, 0.05) is 26.1 Å². The van der Waals surface area contributed by atoms with Gasteiger partial charge in [-0.05, 0) is 68.1 Å². The number of nitrogens with zero attached hydrogens (tertiary/aromatic N) is 1. The van der Waals surface area contributed by atoms with Gasteiger partial charge in [0.05, 0.1) is 9.79 Å². The first-order valence-electron chi connectivity index (χ1n) is 10.6. The highest BCUT2D eigenvalue weighted by Crippen LogP contribution is 2.21. The second kappa shape index (κ2) is 10.6. The van der Waals surface area contributed by atoms with E-state index in [-0.39, 0.29) is 10.8 Å². The van der Waals surface area contributed by atoms with Gasteiger partial charge in [-0.3, -0.25) is 4.79 Å². The third-order valence-corrected chi connectivity index (χ3v) is 8.85. The zero-order chi connectivity index (χ0) is 23.2. The van der Waals surface area contributed by atoms with Crippen LogP contribution in [-0.2, 0) is 37.7 Å². The van der Waals surface area contributed by atoms with E-state index >= 15 is 0 Å². The van der Waals surface area contributed by atoms with Crippen molar-refractivity contribution >= 4 is 26.0 Å². The highest BCUT2D eigenvalue weighted by Gasteiger charge is 2.26. The molecular formula is C22H29N3O5S2. The van der Waals surface area contributed by atoms with Crippen molar-refractivity contribution in [3.63, 3.8) is 0 Å². The van der Waals surface area contributed by atoms with Crippen molar-refractivity contribution in [3.05, 3.63) is 59.7 Å². The van der Waals surface area contributed by atoms with Gasteiger partial charge in [0.1, 0.15) is 0 Å². The normalized spacial score (nSPS) is 15.0. The van der Waals surface area contributed by atoms with Crippen LogP contribution in [-0.4, -0.2) is 53.7 Å². The molecular weight excluding hydrogens is 450 g/mol. The molecule has 1 fully saturated rings. The second-order valence-corrected chi connectivity index (χ2v) is 11.5. The first-order valence-corrected chi connectivity index (χ1v) is 13.5. The van der Waals surface area contributed by atoms with E-state index in [0.717, 1.165) is 24.0 Å². The number of aryl methyl sites for hydroxylation is 1. The van der Waals surface area contributed by atoms with Crippen molar-refractivity contribution in [2.45, 2.75) is 41.9 Å². The Labute approximate surface area is 190 Å². The average molecular weight is 480 g/mol. The third kappa shape index (κ3) is 6.16. The van der Waals surface area contributed by atoms with Crippen molar-refractivity contribution in [1.82, 2.24) is 14.3 Å². The van der Waals surface area contributed by atoms with E-state index in [9.17, 15) is 21.6 Å². The average Bonchev–Trinajstić information content (AvgIpc) is 3.34. The Morgan fingerprint density at radius 1 is 0.844 bits per heavy atom. The Hall–Kier alpha value is -2.27. The third-order valence-electron chi connectivity index (χ3n) is 5.51. The zero-order valence-corrected chi connectivity index (χ0v) is 19.7. The fourth-order valence-electron chi connectivity index (χ4n) is 3.55. The van der Waals surface area contributed by atoms with Crippen LogP contribution < -0.4 is 10.0 Å². The first-order chi connectivity index (χ1) is 15.2. The summed E-state index contributed by atoms with van der Waals surface area (Å²) in [5.41, 5.74) is 1.83. The lowest BCUT2D eigenvalue weighted by atomic mass is 10.1. The Morgan fingerprint density at radius 2 is 1.38 bits per heavy atom. The van der Waals surface area contributed by atoms with E-state index in [1.807, 2.05) is 0 Å². The molecule has 0 unspecified atom stereocenters. The molecule has 2 aromatic rings. The van der Waals surface area contributed by atoms with Crippen molar-refractivity contribution in [2.75, 3.05) is 26.7 Å². The molecule has 0 aromatic heterocycles. The largest absolute Gasteiger partial charge is 0.356 e. The lowest BCUT2D eigenvalue weighted by molar-refractivity contribution is -0.121. The van der Waals surface area contributed by atoms with E-state index in [1.165, 1.54) is 23.5 Å². The minimum atomic E-state index is -3.47. The molecule has 1 aliphatic heterocycles. The quantitative estimate of drug-likeness (QED) is 0.538. The van der Waals surface area contributed by atoms with Crippen molar-refractivity contribution in [1.29, 1.82) is 0 Å². The molecule has 3 rings (SSSR count). The fraction of sp³-hybridized carbons (Fsp3) is 0.409. The highest BCUT2D eigenvalue weighted by atomic mass is 32.2. The molecule has 1 amide bonds. The Morgan fingerprint density at radius 3 is 1.94 bits per heavy atom. The van der Waals surface area contributed by atoms with E-state index in [2.05, 4.69) is 10.0 Å². The molecule has 174 valence electrons. The molecule has 32 heavy (non-hydrogen) atoms. The van der Waals surface area contributed by atoms with Crippen LogP contribution in [0.15, 0.2) is 58.3 Å². The van der Waals surface area contributed by atoms with Crippen LogP contribution >= 0.6 is 0 Å². The van der Waals surface area contributed by atoms with Gasteiger partial charge in [0.2, 0.25) is 26.0 Å². The summed E-state index contributed by atoms with van der Waals surface area (Å²) in [5, 5.41) is 2.86. The molecule has 1 saturated heterocycles. The highest BCUT2D eigenvalue weighted by molar-refractivity contribution is 7.89. The standard InChI is InChI=1S/C22H29N3O5S2/c1-23-31(27,28)20-9-4-18(5-10-20)8-13-22(26)24-15-14-19-6-11-21(12-7-19)32(29,30)25-16-2-3-17-25/h4-7,9-12,23H,2-3,8,13-17H2,1H3,(H,24,26). The number of carbonyl (C=O) groups is 1. The van der Waals surface area contributed by atoms with Gasteiger partial charge < -0.3 is 5.32 Å². The summed E-state index contributed by atoms with van der Waals surface area (Å²) in [4.78, 5) is 12.6. The molecule has 10 heteroatoms. The number of hydrogen-bond donors (Lipinski definition) is 2. The Kier molecular flexibility index (Phi) is 8.05. The molecule has 2 N–H and O–H groups in total. The number of rotatable bonds is 10. The zero-order valence-electron chi connectivity index (χ0n) is 18.1. The van der Waals surface area contributed by atoms with Crippen LogP contribution in [0.25, 0.3) is 0 Å². The lowest BCUT2D eigenvalue weighted by Gasteiger charge is -2.15. The van der Waals surface area contributed by atoms with Crippen molar-refractivity contribution in [3.8, 4) is 0 Å². The molecule has 1 heterocycles. The summed E-state index contributed by atoms with van der Waals surface area (Å²) in [6.45, 7) is 1.61. The monoisotopic (exact) mass is 479 g/mol. The molecule has 2 aromatic carbocycles. The van der Waals surface area contributed by atoms with Crippen LogP contribution in [0.3, 0.4) is 0 Å². The molecule has 0 atom stereocenters. The summed E-state index contributed by atoms with van der Waals surface area (Å²) in [5.74, 6) is -0.0924. The topological polar surface area (TPSA) is 113 Å². The number of amides is 1. The van der Waals surface area contributed by atoms with Gasteiger partial charge in [-0.2, -0.15) is 4.31 Å². The van der Waals surface area contributed by atoms with E-state index in [4.69, 9.17) is 0 Å². The fourth-order valence-corrected chi connectivity index (χ4v) is 5.80. The summed E-state index contributed by atoms with van der Waals surface area (Å²) in [7, 11) is -5.51. The molecule has 0 aliphatic carbocycles. The van der Waals surface area contributed by atoms with Crippen LogP contribution in [0.5, 0.6) is 0 Å². The molecule has 1 aliphatic rings. The molecule has 0 spiro atoms.